The zero-order valence-corrected chi connectivity index (χ0v) is 36.8. The number of carbonyl (C=O) groups excluding carboxylic acids is 5. The van der Waals surface area contributed by atoms with Gasteiger partial charge in [0.15, 0.2) is 0 Å². The van der Waals surface area contributed by atoms with Gasteiger partial charge in [0.2, 0.25) is 11.6 Å². The van der Waals surface area contributed by atoms with Crippen molar-refractivity contribution >= 4 is 29.2 Å². The molecule has 332 valence electrons. The highest BCUT2D eigenvalue weighted by molar-refractivity contribution is 6.32. The van der Waals surface area contributed by atoms with E-state index in [-0.39, 0.29) is 45.3 Å². The Morgan fingerprint density at radius 2 is 1.55 bits per heavy atom. The van der Waals surface area contributed by atoms with Crippen molar-refractivity contribution in [2.45, 2.75) is 104 Å². The van der Waals surface area contributed by atoms with Crippen LogP contribution < -0.4 is 10.1 Å². The maximum Gasteiger partial charge on any atom is 0.312 e. The van der Waals surface area contributed by atoms with Crippen molar-refractivity contribution in [1.29, 1.82) is 0 Å². The van der Waals surface area contributed by atoms with Crippen molar-refractivity contribution in [3.63, 3.8) is 0 Å². The van der Waals surface area contributed by atoms with Crippen LogP contribution in [0.25, 0.3) is 0 Å². The molecule has 1 saturated heterocycles. The summed E-state index contributed by atoms with van der Waals surface area (Å²) in [4.78, 5) is 72.3. The van der Waals surface area contributed by atoms with Gasteiger partial charge in [-0.25, -0.2) is 0 Å². The normalized spacial score (nSPS) is 30.2. The molecule has 4 N–H and O–H groups in total. The fraction of sp³-hybridized carbons (Fsp3) is 0.479. The third kappa shape index (κ3) is 8.60. The molecule has 1 aliphatic carbocycles. The topological polar surface area (TPSA) is 198 Å². The molecule has 9 atom stereocenters. The van der Waals surface area contributed by atoms with Gasteiger partial charge >= 0.3 is 11.8 Å². The number of likely N-dealkylation sites (tertiary alicyclic amines) is 1. The Bertz CT molecular complexity index is 2240. The van der Waals surface area contributed by atoms with E-state index in [1.54, 1.807) is 44.7 Å². The van der Waals surface area contributed by atoms with Crippen LogP contribution in [0.4, 0.5) is 0 Å². The molecule has 0 saturated carbocycles. The number of hydrogen-bond acceptors (Lipinski definition) is 13. The summed E-state index contributed by atoms with van der Waals surface area (Å²) in [5.41, 5.74) is -0.136. The predicted molar refractivity (Wildman–Crippen MR) is 228 cm³/mol. The van der Waals surface area contributed by atoms with E-state index in [9.17, 15) is 34.5 Å². The van der Waals surface area contributed by atoms with Crippen LogP contribution in [0.3, 0.4) is 0 Å². The molecule has 7 rings (SSSR count). The number of nitrogens with one attached hydrogen (secondary N) is 1. The number of nitrogens with zero attached hydrogens (tertiary/aromatic N) is 1. The lowest BCUT2D eigenvalue weighted by molar-refractivity contribution is -0.160. The molecule has 0 aromatic heterocycles. The molecule has 14 heteroatoms. The zero-order valence-electron chi connectivity index (χ0n) is 36.8. The van der Waals surface area contributed by atoms with E-state index in [1.165, 1.54) is 53.2 Å². The second kappa shape index (κ2) is 18.4. The van der Waals surface area contributed by atoms with E-state index < -0.39 is 94.4 Å². The summed E-state index contributed by atoms with van der Waals surface area (Å²) in [6.45, 7) is 13.2. The number of aromatic hydroxyl groups is 1. The summed E-state index contributed by atoms with van der Waals surface area (Å²) in [5.74, 6) is -8.79. The highest BCUT2D eigenvalue weighted by atomic mass is 16.7. The average molecular weight is 855 g/mol. The number of phenolic OH excluding ortho intramolecular Hbond substituents is 1. The molecule has 0 spiro atoms. The Kier molecular flexibility index (Phi) is 13.6. The van der Waals surface area contributed by atoms with Gasteiger partial charge < -0.3 is 44.5 Å². The van der Waals surface area contributed by atoms with Crippen LogP contribution in [0.2, 0.25) is 0 Å². The number of fused-ring (bicyclic) bond motifs is 14. The second-order valence-corrected chi connectivity index (χ2v) is 17.2. The number of rotatable bonds is 4. The molecule has 4 aliphatic heterocycles. The smallest absolute Gasteiger partial charge is 0.312 e. The first-order valence-corrected chi connectivity index (χ1v) is 21.2. The maximum absolute atomic E-state index is 15.0. The fourth-order valence-electron chi connectivity index (χ4n) is 9.14. The van der Waals surface area contributed by atoms with Gasteiger partial charge in [-0.05, 0) is 44.2 Å². The van der Waals surface area contributed by atoms with Crippen molar-refractivity contribution in [3.8, 4) is 11.5 Å². The summed E-state index contributed by atoms with van der Waals surface area (Å²) >= 11 is 0. The number of allylic oxidation sites excluding steroid dienone is 4. The molecule has 1 amide bonds. The second-order valence-electron chi connectivity index (χ2n) is 17.2. The van der Waals surface area contributed by atoms with Crippen LogP contribution >= 0.6 is 0 Å². The van der Waals surface area contributed by atoms with Crippen LogP contribution in [0.15, 0.2) is 77.9 Å². The van der Waals surface area contributed by atoms with Crippen LogP contribution in [-0.4, -0.2) is 99.8 Å². The Labute approximate surface area is 362 Å². The van der Waals surface area contributed by atoms with E-state index in [2.05, 4.69) is 5.32 Å². The van der Waals surface area contributed by atoms with Crippen molar-refractivity contribution in [2.75, 3.05) is 20.2 Å². The molecule has 2 aromatic rings. The van der Waals surface area contributed by atoms with Crippen LogP contribution in [-0.2, 0) is 23.8 Å². The first kappa shape index (κ1) is 45.9. The monoisotopic (exact) mass is 854 g/mol. The minimum absolute atomic E-state index is 0.0137. The van der Waals surface area contributed by atoms with Gasteiger partial charge in [-0.3, -0.25) is 24.0 Å². The number of esters is 1. The van der Waals surface area contributed by atoms with Crippen LogP contribution in [0, 0.1) is 30.6 Å². The number of benzene rings is 2. The largest absolute Gasteiger partial charge is 0.507 e. The number of ketones is 3. The van der Waals surface area contributed by atoms with E-state index in [1.807, 2.05) is 30.3 Å². The lowest BCUT2D eigenvalue weighted by Gasteiger charge is -2.38. The number of methoxy groups -OCH3 is 1. The molecule has 5 bridgehead atoms. The summed E-state index contributed by atoms with van der Waals surface area (Å²) in [6, 6.07) is 9.97. The predicted octanol–water partition coefficient (Wildman–Crippen LogP) is 5.84. The molecule has 62 heavy (non-hydrogen) atoms. The van der Waals surface area contributed by atoms with Crippen molar-refractivity contribution in [3.05, 3.63) is 106 Å². The minimum Gasteiger partial charge on any atom is -0.507 e. The third-order valence-corrected chi connectivity index (χ3v) is 13.0. The van der Waals surface area contributed by atoms with Gasteiger partial charge in [-0.2, -0.15) is 0 Å². The summed E-state index contributed by atoms with van der Waals surface area (Å²) in [7, 11) is 1.44. The summed E-state index contributed by atoms with van der Waals surface area (Å²) < 4.78 is 23.7. The molecule has 0 unspecified atom stereocenters. The molecule has 14 nitrogen and oxygen atoms in total. The first-order valence-electron chi connectivity index (χ1n) is 21.2. The maximum atomic E-state index is 15.0. The van der Waals surface area contributed by atoms with E-state index in [4.69, 9.17) is 18.9 Å². The zero-order chi connectivity index (χ0) is 45.4. The molecular formula is C48H58N2O12. The molecule has 1 fully saturated rings. The number of amides is 1. The minimum atomic E-state index is -2.08. The molecule has 2 aromatic carbocycles. The number of ether oxygens (including phenoxy) is 4. The Hall–Kier alpha value is -5.57. The molecule has 0 radical (unpaired) electrons. The Morgan fingerprint density at radius 1 is 0.887 bits per heavy atom. The highest BCUT2D eigenvalue weighted by Crippen LogP contribution is 2.49. The number of aliphatic hydroxyl groups is 2. The van der Waals surface area contributed by atoms with Crippen molar-refractivity contribution < 1.29 is 58.2 Å². The van der Waals surface area contributed by atoms with E-state index in [0.29, 0.717) is 25.9 Å². The SMILES string of the molecule is CO[C@H]1C=CO[C@@]2(C)Oc3c(C)c(O)c4c(c3C2=O)C(=O)C(N2CCC(c3ccccc3)CC2)=C(NC(=O)C(C)=CC=C[C@H](C)[C@H](O)[C@@H](C)[C@H](O)[C@H](C)[C@H](OC(C)=O)[C@@H]1C)C4=O. The van der Waals surface area contributed by atoms with Gasteiger partial charge in [0.05, 0.1) is 41.3 Å². The highest BCUT2D eigenvalue weighted by Gasteiger charge is 2.53. The molecular weight excluding hydrogens is 797 g/mol. The summed E-state index contributed by atoms with van der Waals surface area (Å²) in [5, 5.41) is 37.3. The van der Waals surface area contributed by atoms with Gasteiger partial charge in [-0.1, -0.05) is 76.3 Å². The number of phenols is 1. The van der Waals surface area contributed by atoms with E-state index >= 15 is 4.79 Å². The van der Waals surface area contributed by atoms with Gasteiger partial charge in [0.1, 0.15) is 29.0 Å². The lowest BCUT2D eigenvalue weighted by Crippen LogP contribution is -2.46. The van der Waals surface area contributed by atoms with Crippen molar-refractivity contribution in [2.24, 2.45) is 23.7 Å². The number of piperidine rings is 1. The van der Waals surface area contributed by atoms with Crippen LogP contribution in [0.5, 0.6) is 11.5 Å². The first-order chi connectivity index (χ1) is 29.3. The molecule has 5 aliphatic rings. The van der Waals surface area contributed by atoms with Gasteiger partial charge in [0, 0.05) is 68.9 Å². The number of carbonyl (C=O) groups is 5. The average Bonchev–Trinajstić information content (AvgIpc) is 3.52. The standard InChI is InChI=1S/C48H58N2O12/c1-24-14-13-15-25(2)47(58)49-37-38(50-21-18-32(19-22-50)31-16-11-10-12-17-31)43(56)34-35(42(37)55)41(54)29(6)45-36(34)46(57)48(8,62-45)60-23-20-33(59-9)26(3)44(61-30(7)51)28(5)40(53)27(4)39(24)52/h10-17,20,23-24,26-28,32-33,39-40,44,52-54H,18-19,21-22H2,1-9H3,(H,49,58)/t24-,26+,27+,28-,33-,39-,40-,44+,48-/m0/s1. The lowest BCUT2D eigenvalue weighted by atomic mass is 9.78. The number of Topliss-reactive ketones (excluding diaryl/α,β-unsaturated/α-hetero) is 3. The fourth-order valence-corrected chi connectivity index (χ4v) is 9.14. The number of aliphatic hydroxyl groups excluding tert-OH is 2. The third-order valence-electron chi connectivity index (χ3n) is 13.0. The Morgan fingerprint density at radius 3 is 2.18 bits per heavy atom. The summed E-state index contributed by atoms with van der Waals surface area (Å²) in [6.07, 6.45) is 4.78. The van der Waals surface area contributed by atoms with Gasteiger partial charge in [0.25, 0.3) is 11.7 Å². The van der Waals surface area contributed by atoms with Crippen molar-refractivity contribution in [1.82, 2.24) is 10.2 Å². The van der Waals surface area contributed by atoms with Crippen LogP contribution in [0.1, 0.15) is 109 Å². The number of hydrogen-bond donors (Lipinski definition) is 4. The van der Waals surface area contributed by atoms with Gasteiger partial charge in [-0.15, -0.1) is 0 Å². The molecule has 4 heterocycles. The Balaban J connectivity index is 1.47. The quantitative estimate of drug-likeness (QED) is 0.268. The van der Waals surface area contributed by atoms with E-state index in [0.717, 1.165) is 5.56 Å².